The second kappa shape index (κ2) is 5.18. The summed E-state index contributed by atoms with van der Waals surface area (Å²) in [6, 6.07) is 5.78. The van der Waals surface area contributed by atoms with Gasteiger partial charge in [0.1, 0.15) is 5.82 Å². The topological polar surface area (TPSA) is 43.8 Å². The van der Waals surface area contributed by atoms with Crippen molar-refractivity contribution in [3.8, 4) is 0 Å². The molecular formula is C15H16F3N3. The standard InChI is InChI=1S/C15H16F3N3/c16-15(17,18)13-4-2-1-3-10(13)7-14-20-9-12-8-11(19)5-6-21(12)14/h1-4,9,11H,5-8,19H2. The smallest absolute Gasteiger partial charge is 0.332 e. The number of halogens is 3. The number of nitrogens with two attached hydrogens (primary N) is 1. The third kappa shape index (κ3) is 2.81. The molecule has 112 valence electrons. The van der Waals surface area contributed by atoms with Crippen LogP contribution in [0.1, 0.15) is 29.1 Å². The lowest BCUT2D eigenvalue weighted by molar-refractivity contribution is -0.138. The first kappa shape index (κ1) is 14.1. The second-order valence-corrected chi connectivity index (χ2v) is 5.40. The van der Waals surface area contributed by atoms with E-state index in [0.717, 1.165) is 31.1 Å². The molecule has 1 atom stereocenters. The van der Waals surface area contributed by atoms with Crippen LogP contribution in [-0.4, -0.2) is 15.6 Å². The molecule has 1 aromatic heterocycles. The number of rotatable bonds is 2. The van der Waals surface area contributed by atoms with E-state index >= 15 is 0 Å². The van der Waals surface area contributed by atoms with Crippen LogP contribution in [0.25, 0.3) is 0 Å². The minimum atomic E-state index is -4.34. The molecule has 0 aliphatic carbocycles. The Hall–Kier alpha value is -1.82. The zero-order chi connectivity index (χ0) is 15.0. The van der Waals surface area contributed by atoms with E-state index in [1.807, 2.05) is 4.57 Å². The van der Waals surface area contributed by atoms with Gasteiger partial charge in [-0.1, -0.05) is 18.2 Å². The molecule has 0 bridgehead atoms. The Morgan fingerprint density at radius 2 is 2.05 bits per heavy atom. The molecule has 2 aromatic rings. The van der Waals surface area contributed by atoms with Gasteiger partial charge in [-0.15, -0.1) is 0 Å². The summed E-state index contributed by atoms with van der Waals surface area (Å²) in [5.74, 6) is 0.675. The van der Waals surface area contributed by atoms with Crippen molar-refractivity contribution in [2.75, 3.05) is 0 Å². The van der Waals surface area contributed by atoms with E-state index in [2.05, 4.69) is 4.98 Å². The van der Waals surface area contributed by atoms with E-state index < -0.39 is 11.7 Å². The number of hydrogen-bond acceptors (Lipinski definition) is 2. The van der Waals surface area contributed by atoms with E-state index in [1.54, 1.807) is 12.3 Å². The maximum absolute atomic E-state index is 13.0. The highest BCUT2D eigenvalue weighted by molar-refractivity contribution is 5.32. The Labute approximate surface area is 120 Å². The summed E-state index contributed by atoms with van der Waals surface area (Å²) in [5, 5.41) is 0. The van der Waals surface area contributed by atoms with Gasteiger partial charge in [-0.3, -0.25) is 0 Å². The molecule has 1 aliphatic rings. The van der Waals surface area contributed by atoms with Crippen molar-refractivity contribution in [2.24, 2.45) is 5.73 Å². The summed E-state index contributed by atoms with van der Waals surface area (Å²) < 4.78 is 41.1. The maximum atomic E-state index is 13.0. The van der Waals surface area contributed by atoms with Crippen LogP contribution in [0.2, 0.25) is 0 Å². The fourth-order valence-electron chi connectivity index (χ4n) is 2.82. The highest BCUT2D eigenvalue weighted by Crippen LogP contribution is 2.33. The van der Waals surface area contributed by atoms with Gasteiger partial charge < -0.3 is 10.3 Å². The largest absolute Gasteiger partial charge is 0.416 e. The number of imidazole rings is 1. The molecule has 6 heteroatoms. The van der Waals surface area contributed by atoms with Crippen molar-refractivity contribution in [2.45, 2.75) is 38.0 Å². The Bertz CT molecular complexity index is 646. The van der Waals surface area contributed by atoms with Gasteiger partial charge in [-0.2, -0.15) is 13.2 Å². The van der Waals surface area contributed by atoms with Gasteiger partial charge in [-0.25, -0.2) is 4.98 Å². The van der Waals surface area contributed by atoms with E-state index in [4.69, 9.17) is 5.73 Å². The predicted octanol–water partition coefficient (Wildman–Crippen LogP) is 2.77. The quantitative estimate of drug-likeness (QED) is 0.926. The molecule has 0 radical (unpaired) electrons. The van der Waals surface area contributed by atoms with Gasteiger partial charge in [0.15, 0.2) is 0 Å². The lowest BCUT2D eigenvalue weighted by Crippen LogP contribution is -2.31. The highest BCUT2D eigenvalue weighted by atomic mass is 19.4. The zero-order valence-corrected chi connectivity index (χ0v) is 11.4. The molecule has 0 saturated heterocycles. The molecule has 0 fully saturated rings. The molecule has 3 nitrogen and oxygen atoms in total. The third-order valence-corrected chi connectivity index (χ3v) is 3.89. The van der Waals surface area contributed by atoms with Gasteiger partial charge >= 0.3 is 6.18 Å². The second-order valence-electron chi connectivity index (χ2n) is 5.40. The first-order chi connectivity index (χ1) is 9.95. The van der Waals surface area contributed by atoms with Crippen LogP contribution in [0.4, 0.5) is 13.2 Å². The highest BCUT2D eigenvalue weighted by Gasteiger charge is 2.33. The third-order valence-electron chi connectivity index (χ3n) is 3.89. The van der Waals surface area contributed by atoms with Gasteiger partial charge in [0.25, 0.3) is 0 Å². The summed E-state index contributed by atoms with van der Waals surface area (Å²) in [6.07, 6.45) is -0.864. The molecule has 0 amide bonds. The molecule has 21 heavy (non-hydrogen) atoms. The van der Waals surface area contributed by atoms with Crippen molar-refractivity contribution in [3.63, 3.8) is 0 Å². The van der Waals surface area contributed by atoms with E-state index in [1.165, 1.54) is 12.1 Å². The lowest BCUT2D eigenvalue weighted by Gasteiger charge is -2.22. The Balaban J connectivity index is 1.92. The van der Waals surface area contributed by atoms with Gasteiger partial charge in [0.2, 0.25) is 0 Å². The van der Waals surface area contributed by atoms with E-state index in [9.17, 15) is 13.2 Å². The predicted molar refractivity (Wildman–Crippen MR) is 72.8 cm³/mol. The van der Waals surface area contributed by atoms with E-state index in [0.29, 0.717) is 5.82 Å². The molecule has 1 unspecified atom stereocenters. The van der Waals surface area contributed by atoms with Crippen molar-refractivity contribution >= 4 is 0 Å². The minimum absolute atomic E-state index is 0.115. The first-order valence-electron chi connectivity index (χ1n) is 6.89. The monoisotopic (exact) mass is 295 g/mol. The fourth-order valence-corrected chi connectivity index (χ4v) is 2.82. The number of benzene rings is 1. The van der Waals surface area contributed by atoms with Crippen LogP contribution in [0, 0.1) is 0 Å². The molecule has 3 rings (SSSR count). The van der Waals surface area contributed by atoms with Crippen LogP contribution in [0.5, 0.6) is 0 Å². The summed E-state index contributed by atoms with van der Waals surface area (Å²) in [5.41, 5.74) is 6.58. The van der Waals surface area contributed by atoms with Crippen molar-refractivity contribution in [1.29, 1.82) is 0 Å². The lowest BCUT2D eigenvalue weighted by atomic mass is 10.0. The summed E-state index contributed by atoms with van der Waals surface area (Å²) in [7, 11) is 0. The molecule has 1 aromatic carbocycles. The number of alkyl halides is 3. The van der Waals surface area contributed by atoms with Crippen molar-refractivity contribution in [3.05, 3.63) is 53.1 Å². The summed E-state index contributed by atoms with van der Waals surface area (Å²) in [4.78, 5) is 4.29. The number of fused-ring (bicyclic) bond motifs is 1. The van der Waals surface area contributed by atoms with E-state index in [-0.39, 0.29) is 18.0 Å². The molecule has 0 saturated carbocycles. The van der Waals surface area contributed by atoms with Crippen molar-refractivity contribution in [1.82, 2.24) is 9.55 Å². The van der Waals surface area contributed by atoms with Crippen LogP contribution in [-0.2, 0) is 25.6 Å². The average Bonchev–Trinajstić information content (AvgIpc) is 2.80. The normalized spacial score (nSPS) is 18.6. The summed E-state index contributed by atoms with van der Waals surface area (Å²) in [6.45, 7) is 0.722. The first-order valence-corrected chi connectivity index (χ1v) is 6.89. The van der Waals surface area contributed by atoms with Crippen LogP contribution >= 0.6 is 0 Å². The Morgan fingerprint density at radius 3 is 2.81 bits per heavy atom. The molecule has 0 spiro atoms. The number of nitrogens with zero attached hydrogens (tertiary/aromatic N) is 2. The molecular weight excluding hydrogens is 279 g/mol. The van der Waals surface area contributed by atoms with Crippen molar-refractivity contribution < 1.29 is 13.2 Å². The van der Waals surface area contributed by atoms with Crippen LogP contribution < -0.4 is 5.73 Å². The zero-order valence-electron chi connectivity index (χ0n) is 11.4. The van der Waals surface area contributed by atoms with Gasteiger partial charge in [-0.05, 0) is 18.1 Å². The average molecular weight is 295 g/mol. The van der Waals surface area contributed by atoms with Crippen LogP contribution in [0.3, 0.4) is 0 Å². The SMILES string of the molecule is NC1CCn2c(cnc2Cc2ccccc2C(F)(F)F)C1. The molecule has 1 aliphatic heterocycles. The van der Waals surface area contributed by atoms with Gasteiger partial charge in [0, 0.05) is 37.3 Å². The minimum Gasteiger partial charge on any atom is -0.332 e. The summed E-state index contributed by atoms with van der Waals surface area (Å²) >= 11 is 0. The Kier molecular flexibility index (Phi) is 3.49. The Morgan fingerprint density at radius 1 is 1.29 bits per heavy atom. The molecule has 2 N–H and O–H groups in total. The number of aromatic nitrogens is 2. The van der Waals surface area contributed by atoms with Crippen LogP contribution in [0.15, 0.2) is 30.5 Å². The van der Waals surface area contributed by atoms with Gasteiger partial charge in [0.05, 0.1) is 5.56 Å². The maximum Gasteiger partial charge on any atom is 0.416 e. The molecule has 2 heterocycles. The number of hydrogen-bond donors (Lipinski definition) is 1. The fraction of sp³-hybridized carbons (Fsp3) is 0.400.